The lowest BCUT2D eigenvalue weighted by Gasteiger charge is -2.30. The number of hydrogen-bond acceptors (Lipinski definition) is 6. The van der Waals surface area contributed by atoms with E-state index < -0.39 is 5.97 Å². The standard InChI is InChI=1S/C29H28N2O4/c1-3-34-27-17-20(13-14-26(27)35-18(2)32)29-28-24(30-22-11-7-8-12-23(22)31-29)15-21(16-25(28)33)19-9-5-4-6-10-19/h4-14,17,21,29-31H,3,15-16H2,1-2H3/t21-,29+/m0/s1. The molecule has 3 aromatic carbocycles. The van der Waals surface area contributed by atoms with E-state index in [-0.39, 0.29) is 17.7 Å². The summed E-state index contributed by atoms with van der Waals surface area (Å²) < 4.78 is 11.1. The molecule has 0 saturated heterocycles. The van der Waals surface area contributed by atoms with Gasteiger partial charge in [-0.05, 0) is 54.7 Å². The Kier molecular flexibility index (Phi) is 6.27. The quantitative estimate of drug-likeness (QED) is 0.354. The average molecular weight is 469 g/mol. The van der Waals surface area contributed by atoms with Gasteiger partial charge < -0.3 is 20.1 Å². The van der Waals surface area contributed by atoms with Crippen LogP contribution in [0.5, 0.6) is 11.5 Å². The minimum absolute atomic E-state index is 0.111. The summed E-state index contributed by atoms with van der Waals surface area (Å²) in [4.78, 5) is 25.3. The van der Waals surface area contributed by atoms with Gasteiger partial charge >= 0.3 is 5.97 Å². The van der Waals surface area contributed by atoms with E-state index in [0.717, 1.165) is 34.6 Å². The molecule has 6 nitrogen and oxygen atoms in total. The molecule has 35 heavy (non-hydrogen) atoms. The number of ether oxygens (including phenoxy) is 2. The van der Waals surface area contributed by atoms with Gasteiger partial charge in [-0.1, -0.05) is 48.5 Å². The number of allylic oxidation sites excluding steroid dienone is 1. The SMILES string of the molecule is CCOc1cc([C@H]2Nc3ccccc3NC3=C2C(=O)C[C@@H](c2ccccc2)C3)ccc1OC(C)=O. The lowest BCUT2D eigenvalue weighted by molar-refractivity contribution is -0.132. The summed E-state index contributed by atoms with van der Waals surface area (Å²) in [6.45, 7) is 3.66. The van der Waals surface area contributed by atoms with Crippen LogP contribution in [0.2, 0.25) is 0 Å². The number of hydrogen-bond donors (Lipinski definition) is 2. The van der Waals surface area contributed by atoms with Crippen molar-refractivity contribution in [2.75, 3.05) is 17.2 Å². The number of ketones is 1. The Labute approximate surface area is 205 Å². The molecule has 6 heteroatoms. The number of nitrogens with one attached hydrogen (secondary N) is 2. The fraction of sp³-hybridized carbons (Fsp3) is 0.241. The maximum Gasteiger partial charge on any atom is 0.308 e. The number of carbonyl (C=O) groups is 2. The second kappa shape index (κ2) is 9.66. The molecule has 178 valence electrons. The van der Waals surface area contributed by atoms with Gasteiger partial charge in [0.15, 0.2) is 17.3 Å². The van der Waals surface area contributed by atoms with Gasteiger partial charge in [-0.15, -0.1) is 0 Å². The van der Waals surface area contributed by atoms with Gasteiger partial charge in [-0.3, -0.25) is 9.59 Å². The van der Waals surface area contributed by atoms with Crippen molar-refractivity contribution >= 4 is 23.1 Å². The van der Waals surface area contributed by atoms with Crippen molar-refractivity contribution in [3.63, 3.8) is 0 Å². The predicted octanol–water partition coefficient (Wildman–Crippen LogP) is 5.99. The first-order valence-electron chi connectivity index (χ1n) is 11.9. The number of carbonyl (C=O) groups excluding carboxylic acids is 2. The van der Waals surface area contributed by atoms with Crippen molar-refractivity contribution in [1.29, 1.82) is 0 Å². The van der Waals surface area contributed by atoms with Gasteiger partial charge in [0.1, 0.15) is 0 Å². The fourth-order valence-corrected chi connectivity index (χ4v) is 4.91. The Hall–Kier alpha value is -4.06. The van der Waals surface area contributed by atoms with Gasteiger partial charge in [0.2, 0.25) is 0 Å². The Morgan fingerprint density at radius 2 is 1.66 bits per heavy atom. The van der Waals surface area contributed by atoms with Crippen LogP contribution in [0.4, 0.5) is 11.4 Å². The molecule has 5 rings (SSSR count). The highest BCUT2D eigenvalue weighted by molar-refractivity contribution is 6.01. The van der Waals surface area contributed by atoms with Crippen molar-refractivity contribution in [2.24, 2.45) is 0 Å². The monoisotopic (exact) mass is 468 g/mol. The molecule has 0 saturated carbocycles. The van der Waals surface area contributed by atoms with Crippen LogP contribution in [0.25, 0.3) is 0 Å². The van der Waals surface area contributed by atoms with Gasteiger partial charge in [0.25, 0.3) is 0 Å². The van der Waals surface area contributed by atoms with E-state index >= 15 is 0 Å². The molecular weight excluding hydrogens is 440 g/mol. The lowest BCUT2D eigenvalue weighted by Crippen LogP contribution is -2.27. The molecule has 2 atom stereocenters. The highest BCUT2D eigenvalue weighted by Gasteiger charge is 2.36. The molecule has 0 amide bonds. The molecule has 0 fully saturated rings. The predicted molar refractivity (Wildman–Crippen MR) is 136 cm³/mol. The first-order valence-corrected chi connectivity index (χ1v) is 11.9. The van der Waals surface area contributed by atoms with Gasteiger partial charge in [-0.2, -0.15) is 0 Å². The summed E-state index contributed by atoms with van der Waals surface area (Å²) in [5, 5.41) is 7.15. The van der Waals surface area contributed by atoms with Crippen molar-refractivity contribution in [2.45, 2.75) is 38.6 Å². The molecular formula is C29H28N2O4. The molecule has 1 heterocycles. The fourth-order valence-electron chi connectivity index (χ4n) is 4.91. The molecule has 0 spiro atoms. The van der Waals surface area contributed by atoms with E-state index in [9.17, 15) is 9.59 Å². The minimum atomic E-state index is -0.413. The molecule has 2 aliphatic rings. The number of anilines is 2. The number of esters is 1. The molecule has 0 bridgehead atoms. The van der Waals surface area contributed by atoms with Crippen molar-refractivity contribution in [3.05, 3.63) is 95.2 Å². The smallest absolute Gasteiger partial charge is 0.308 e. The highest BCUT2D eigenvalue weighted by Crippen LogP contribution is 2.45. The van der Waals surface area contributed by atoms with Crippen molar-refractivity contribution < 1.29 is 19.1 Å². The lowest BCUT2D eigenvalue weighted by atomic mass is 9.78. The van der Waals surface area contributed by atoms with Crippen molar-refractivity contribution in [3.8, 4) is 11.5 Å². The van der Waals surface area contributed by atoms with Gasteiger partial charge in [-0.25, -0.2) is 0 Å². The number of rotatable bonds is 5. The maximum atomic E-state index is 13.7. The summed E-state index contributed by atoms with van der Waals surface area (Å²) in [7, 11) is 0. The number of Topliss-reactive ketones (excluding diaryl/α,β-unsaturated/α-hetero) is 1. The Balaban J connectivity index is 1.60. The Morgan fingerprint density at radius 3 is 2.40 bits per heavy atom. The first-order chi connectivity index (χ1) is 17.0. The summed E-state index contributed by atoms with van der Waals surface area (Å²) in [5.41, 5.74) is 5.54. The zero-order valence-corrected chi connectivity index (χ0v) is 19.8. The number of para-hydroxylation sites is 2. The summed E-state index contributed by atoms with van der Waals surface area (Å²) in [6, 6.07) is 23.3. The molecule has 0 aromatic heterocycles. The third-order valence-corrected chi connectivity index (χ3v) is 6.43. The van der Waals surface area contributed by atoms with Crippen LogP contribution >= 0.6 is 0 Å². The zero-order chi connectivity index (χ0) is 24.4. The van der Waals surface area contributed by atoms with Crippen LogP contribution in [0.3, 0.4) is 0 Å². The normalized spacial score (nSPS) is 19.0. The van der Waals surface area contributed by atoms with Crippen LogP contribution in [0.15, 0.2) is 84.1 Å². The van der Waals surface area contributed by atoms with Crippen LogP contribution in [-0.2, 0) is 9.59 Å². The second-order valence-electron chi connectivity index (χ2n) is 8.81. The van der Waals surface area contributed by atoms with Crippen molar-refractivity contribution in [1.82, 2.24) is 0 Å². The number of fused-ring (bicyclic) bond motifs is 1. The van der Waals surface area contributed by atoms with Crippen LogP contribution in [0, 0.1) is 0 Å². The third kappa shape index (κ3) is 4.64. The summed E-state index contributed by atoms with van der Waals surface area (Å²) in [6.07, 6.45) is 1.18. The largest absolute Gasteiger partial charge is 0.490 e. The molecule has 3 aromatic rings. The topological polar surface area (TPSA) is 76.7 Å². The third-order valence-electron chi connectivity index (χ3n) is 6.43. The van der Waals surface area contributed by atoms with E-state index in [1.54, 1.807) is 6.07 Å². The molecule has 0 radical (unpaired) electrons. The van der Waals surface area contributed by atoms with E-state index in [0.29, 0.717) is 24.5 Å². The van der Waals surface area contributed by atoms with Gasteiger partial charge in [0.05, 0.1) is 24.0 Å². The molecule has 1 aliphatic heterocycles. The molecule has 1 aliphatic carbocycles. The van der Waals surface area contributed by atoms with E-state index in [1.807, 2.05) is 61.5 Å². The van der Waals surface area contributed by atoms with Crippen LogP contribution < -0.4 is 20.1 Å². The molecule has 0 unspecified atom stereocenters. The van der Waals surface area contributed by atoms with E-state index in [2.05, 4.69) is 22.8 Å². The number of benzene rings is 3. The van der Waals surface area contributed by atoms with Crippen LogP contribution in [-0.4, -0.2) is 18.4 Å². The van der Waals surface area contributed by atoms with Gasteiger partial charge in [0, 0.05) is 24.6 Å². The second-order valence-corrected chi connectivity index (χ2v) is 8.81. The zero-order valence-electron chi connectivity index (χ0n) is 19.8. The summed E-state index contributed by atoms with van der Waals surface area (Å²) in [5.74, 6) is 0.651. The van der Waals surface area contributed by atoms with Crippen LogP contribution in [0.1, 0.15) is 49.8 Å². The summed E-state index contributed by atoms with van der Waals surface area (Å²) >= 11 is 0. The Morgan fingerprint density at radius 1 is 0.914 bits per heavy atom. The maximum absolute atomic E-state index is 13.7. The van der Waals surface area contributed by atoms with E-state index in [1.165, 1.54) is 12.5 Å². The highest BCUT2D eigenvalue weighted by atomic mass is 16.6. The Bertz CT molecular complexity index is 1300. The minimum Gasteiger partial charge on any atom is -0.490 e. The molecule has 2 N–H and O–H groups in total. The van der Waals surface area contributed by atoms with E-state index in [4.69, 9.17) is 9.47 Å². The first kappa shape index (κ1) is 22.7. The average Bonchev–Trinajstić information content (AvgIpc) is 3.02.